The lowest BCUT2D eigenvalue weighted by Gasteiger charge is -2.35. The SMILES string of the molecule is CC(C)c1ccc([C@H](NCC(=O)N2CCN(CC(=O)NC(C)(C)C)CC2)C(C)C)cc1. The van der Waals surface area contributed by atoms with Gasteiger partial charge < -0.3 is 15.5 Å². The molecule has 0 spiro atoms. The second-order valence-electron chi connectivity index (χ2n) is 10.4. The van der Waals surface area contributed by atoms with Gasteiger partial charge in [-0.15, -0.1) is 0 Å². The summed E-state index contributed by atoms with van der Waals surface area (Å²) in [6.45, 7) is 18.2. The van der Waals surface area contributed by atoms with E-state index in [1.165, 1.54) is 11.1 Å². The molecule has 1 saturated heterocycles. The zero-order valence-corrected chi connectivity index (χ0v) is 20.5. The molecule has 0 saturated carbocycles. The first kappa shape index (κ1) is 25.3. The monoisotopic (exact) mass is 430 g/mol. The van der Waals surface area contributed by atoms with E-state index in [1.54, 1.807) is 0 Å². The Morgan fingerprint density at radius 3 is 1.97 bits per heavy atom. The van der Waals surface area contributed by atoms with Crippen LogP contribution in [0.1, 0.15) is 71.6 Å². The van der Waals surface area contributed by atoms with Gasteiger partial charge in [-0.25, -0.2) is 0 Å². The summed E-state index contributed by atoms with van der Waals surface area (Å²) < 4.78 is 0. The predicted octanol–water partition coefficient (Wildman–Crippen LogP) is 3.16. The van der Waals surface area contributed by atoms with Crippen LogP contribution in [0.25, 0.3) is 0 Å². The molecule has 0 radical (unpaired) electrons. The van der Waals surface area contributed by atoms with Crippen molar-refractivity contribution in [3.05, 3.63) is 35.4 Å². The van der Waals surface area contributed by atoms with Crippen molar-refractivity contribution in [2.24, 2.45) is 5.92 Å². The Morgan fingerprint density at radius 2 is 1.48 bits per heavy atom. The number of nitrogens with one attached hydrogen (secondary N) is 2. The van der Waals surface area contributed by atoms with Gasteiger partial charge in [0.15, 0.2) is 0 Å². The van der Waals surface area contributed by atoms with Crippen LogP contribution in [0.5, 0.6) is 0 Å². The van der Waals surface area contributed by atoms with Crippen molar-refractivity contribution < 1.29 is 9.59 Å². The highest BCUT2D eigenvalue weighted by atomic mass is 16.2. The van der Waals surface area contributed by atoms with E-state index in [9.17, 15) is 9.59 Å². The summed E-state index contributed by atoms with van der Waals surface area (Å²) in [6.07, 6.45) is 0. The zero-order chi connectivity index (χ0) is 23.2. The van der Waals surface area contributed by atoms with E-state index in [4.69, 9.17) is 0 Å². The Labute approximate surface area is 188 Å². The number of carbonyl (C=O) groups excluding carboxylic acids is 2. The average Bonchev–Trinajstić information content (AvgIpc) is 2.67. The van der Waals surface area contributed by atoms with Gasteiger partial charge in [0.1, 0.15) is 0 Å². The third kappa shape index (κ3) is 8.26. The van der Waals surface area contributed by atoms with Gasteiger partial charge in [0.25, 0.3) is 0 Å². The fourth-order valence-electron chi connectivity index (χ4n) is 3.95. The predicted molar refractivity (Wildman–Crippen MR) is 127 cm³/mol. The van der Waals surface area contributed by atoms with Crippen molar-refractivity contribution in [1.29, 1.82) is 0 Å². The number of rotatable bonds is 8. The summed E-state index contributed by atoms with van der Waals surface area (Å²) >= 11 is 0. The minimum atomic E-state index is -0.220. The maximum atomic E-state index is 12.8. The second-order valence-corrected chi connectivity index (χ2v) is 10.4. The smallest absolute Gasteiger partial charge is 0.236 e. The summed E-state index contributed by atoms with van der Waals surface area (Å²) in [4.78, 5) is 28.9. The fourth-order valence-corrected chi connectivity index (χ4v) is 3.95. The van der Waals surface area contributed by atoms with Gasteiger partial charge in [0.05, 0.1) is 13.1 Å². The molecule has 6 heteroatoms. The third-order valence-corrected chi connectivity index (χ3v) is 5.71. The number of piperazine rings is 1. The quantitative estimate of drug-likeness (QED) is 0.665. The minimum Gasteiger partial charge on any atom is -0.350 e. The molecule has 0 aromatic heterocycles. The minimum absolute atomic E-state index is 0.0391. The van der Waals surface area contributed by atoms with Gasteiger partial charge in [-0.1, -0.05) is 52.0 Å². The highest BCUT2D eigenvalue weighted by Gasteiger charge is 2.25. The molecule has 0 aliphatic carbocycles. The van der Waals surface area contributed by atoms with E-state index in [0.29, 0.717) is 38.0 Å². The Bertz CT molecular complexity index is 714. The molecule has 174 valence electrons. The van der Waals surface area contributed by atoms with Gasteiger partial charge in [0, 0.05) is 37.8 Å². The molecule has 6 nitrogen and oxygen atoms in total. The molecule has 2 N–H and O–H groups in total. The zero-order valence-electron chi connectivity index (χ0n) is 20.5. The molecular weight excluding hydrogens is 388 g/mol. The van der Waals surface area contributed by atoms with Gasteiger partial charge in [-0.05, 0) is 43.7 Å². The van der Waals surface area contributed by atoms with E-state index in [1.807, 2.05) is 25.7 Å². The molecule has 1 aliphatic heterocycles. The molecule has 1 heterocycles. The van der Waals surface area contributed by atoms with Crippen molar-refractivity contribution in [2.75, 3.05) is 39.3 Å². The number of carbonyl (C=O) groups is 2. The maximum Gasteiger partial charge on any atom is 0.236 e. The topological polar surface area (TPSA) is 64.7 Å². The Hall–Kier alpha value is -1.92. The Morgan fingerprint density at radius 1 is 0.935 bits per heavy atom. The molecular formula is C25H42N4O2. The molecule has 1 aromatic rings. The van der Waals surface area contributed by atoms with Crippen LogP contribution in [0.15, 0.2) is 24.3 Å². The maximum absolute atomic E-state index is 12.8. The van der Waals surface area contributed by atoms with Crippen LogP contribution in [0.4, 0.5) is 0 Å². The van der Waals surface area contributed by atoms with Gasteiger partial charge in [-0.2, -0.15) is 0 Å². The lowest BCUT2D eigenvalue weighted by Crippen LogP contribution is -2.54. The summed E-state index contributed by atoms with van der Waals surface area (Å²) in [5, 5.41) is 6.48. The third-order valence-electron chi connectivity index (χ3n) is 5.71. The lowest BCUT2D eigenvalue weighted by atomic mass is 9.93. The van der Waals surface area contributed by atoms with Crippen LogP contribution in [-0.2, 0) is 9.59 Å². The molecule has 1 fully saturated rings. The highest BCUT2D eigenvalue weighted by Crippen LogP contribution is 2.24. The lowest BCUT2D eigenvalue weighted by molar-refractivity contribution is -0.132. The molecule has 0 bridgehead atoms. The van der Waals surface area contributed by atoms with Crippen molar-refractivity contribution in [3.63, 3.8) is 0 Å². The van der Waals surface area contributed by atoms with Crippen LogP contribution < -0.4 is 10.6 Å². The summed E-state index contributed by atoms with van der Waals surface area (Å²) in [7, 11) is 0. The van der Waals surface area contributed by atoms with Gasteiger partial charge in [-0.3, -0.25) is 14.5 Å². The van der Waals surface area contributed by atoms with Crippen LogP contribution >= 0.6 is 0 Å². The first-order chi connectivity index (χ1) is 14.5. The molecule has 31 heavy (non-hydrogen) atoms. The first-order valence-corrected chi connectivity index (χ1v) is 11.6. The molecule has 1 aromatic carbocycles. The van der Waals surface area contributed by atoms with E-state index >= 15 is 0 Å². The van der Waals surface area contributed by atoms with Crippen LogP contribution in [0, 0.1) is 5.92 Å². The summed E-state index contributed by atoms with van der Waals surface area (Å²) in [5.41, 5.74) is 2.33. The molecule has 0 unspecified atom stereocenters. The van der Waals surface area contributed by atoms with Crippen LogP contribution in [0.2, 0.25) is 0 Å². The van der Waals surface area contributed by atoms with E-state index in [2.05, 4.69) is 67.5 Å². The van der Waals surface area contributed by atoms with Gasteiger partial charge in [0.2, 0.25) is 11.8 Å². The van der Waals surface area contributed by atoms with Crippen LogP contribution in [0.3, 0.4) is 0 Å². The number of nitrogens with zero attached hydrogens (tertiary/aromatic N) is 2. The van der Waals surface area contributed by atoms with Crippen molar-refractivity contribution in [2.45, 2.75) is 66.0 Å². The molecule has 2 amide bonds. The highest BCUT2D eigenvalue weighted by molar-refractivity contribution is 5.79. The van der Waals surface area contributed by atoms with E-state index < -0.39 is 0 Å². The summed E-state index contributed by atoms with van der Waals surface area (Å²) in [5.74, 6) is 1.07. The Kier molecular flexibility index (Phi) is 9.07. The summed E-state index contributed by atoms with van der Waals surface area (Å²) in [6, 6.07) is 8.88. The number of hydrogen-bond donors (Lipinski definition) is 2. The fraction of sp³-hybridized carbons (Fsp3) is 0.680. The first-order valence-electron chi connectivity index (χ1n) is 11.6. The normalized spacial score (nSPS) is 16.6. The van der Waals surface area contributed by atoms with E-state index in [-0.39, 0.29) is 23.4 Å². The molecule has 1 atom stereocenters. The van der Waals surface area contributed by atoms with Gasteiger partial charge >= 0.3 is 0 Å². The number of benzene rings is 1. The number of amides is 2. The van der Waals surface area contributed by atoms with Crippen molar-refractivity contribution in [3.8, 4) is 0 Å². The second kappa shape index (κ2) is 11.1. The average molecular weight is 431 g/mol. The Balaban J connectivity index is 1.83. The van der Waals surface area contributed by atoms with Crippen LogP contribution in [-0.4, -0.2) is 66.4 Å². The van der Waals surface area contributed by atoms with E-state index in [0.717, 1.165) is 13.1 Å². The molecule has 2 rings (SSSR count). The van der Waals surface area contributed by atoms with Crippen molar-refractivity contribution >= 4 is 11.8 Å². The largest absolute Gasteiger partial charge is 0.350 e. The molecule has 1 aliphatic rings. The number of hydrogen-bond acceptors (Lipinski definition) is 4. The standard InChI is InChI=1S/C25H42N4O2/c1-18(2)20-8-10-21(11-9-20)24(19(3)4)26-16-23(31)29-14-12-28(13-15-29)17-22(30)27-25(5,6)7/h8-11,18-19,24,26H,12-17H2,1-7H3,(H,27,30)/t24-/m1/s1. The van der Waals surface area contributed by atoms with Crippen molar-refractivity contribution in [1.82, 2.24) is 20.4 Å².